The fourth-order valence-corrected chi connectivity index (χ4v) is 7.05. The summed E-state index contributed by atoms with van der Waals surface area (Å²) in [4.78, 5) is 61.7. The number of hydrogen-bond acceptors (Lipinski definition) is 12. The average molecular weight is 858 g/mol. The molecular formula is C42H47N15O6. The molecule has 5 heterocycles. The molecule has 4 amide bonds. The zero-order valence-electron chi connectivity index (χ0n) is 35.3. The van der Waals surface area contributed by atoms with Crippen LogP contribution in [0.15, 0.2) is 73.1 Å². The molecule has 63 heavy (non-hydrogen) atoms. The van der Waals surface area contributed by atoms with Gasteiger partial charge in [-0.3, -0.25) is 43.9 Å². The lowest BCUT2D eigenvalue weighted by atomic mass is 10.1. The molecule has 0 spiro atoms. The average Bonchev–Trinajstić information content (AvgIpc) is 4.09. The number of primary amides is 2. The number of nitrogens with zero attached hydrogens (tertiary/aromatic N) is 10. The van der Waals surface area contributed by atoms with Crippen LogP contribution in [0.25, 0.3) is 22.1 Å². The summed E-state index contributed by atoms with van der Waals surface area (Å²) < 4.78 is 20.2. The number of methoxy groups -OCH3 is 1. The second kappa shape index (κ2) is 18.2. The number of benzene rings is 2. The van der Waals surface area contributed by atoms with Crippen LogP contribution in [0.5, 0.6) is 11.5 Å². The van der Waals surface area contributed by atoms with E-state index >= 15 is 0 Å². The molecule has 0 unspecified atom stereocenters. The third kappa shape index (κ3) is 9.11. The smallest absolute Gasteiger partial charge is 0.276 e. The summed E-state index contributed by atoms with van der Waals surface area (Å²) in [5.41, 5.74) is 21.7. The second-order valence-corrected chi connectivity index (χ2v) is 14.3. The lowest BCUT2D eigenvalue weighted by Crippen LogP contribution is -2.20. The van der Waals surface area contributed by atoms with Gasteiger partial charge in [0.2, 0.25) is 23.7 Å². The first kappa shape index (κ1) is 42.9. The summed E-state index contributed by atoms with van der Waals surface area (Å²) in [6.07, 6.45) is 10.6. The highest BCUT2D eigenvalue weighted by Crippen LogP contribution is 2.33. The van der Waals surface area contributed by atoms with Crippen LogP contribution in [0.1, 0.15) is 66.9 Å². The quantitative estimate of drug-likeness (QED) is 0.0771. The van der Waals surface area contributed by atoms with Gasteiger partial charge in [-0.25, -0.2) is 9.97 Å². The molecule has 21 heteroatoms. The number of rotatable bonds is 18. The Kier molecular flexibility index (Phi) is 12.4. The Morgan fingerprint density at radius 3 is 1.65 bits per heavy atom. The maximum Gasteiger partial charge on any atom is 0.276 e. The molecule has 326 valence electrons. The highest BCUT2D eigenvalue weighted by molar-refractivity contribution is 6.05. The van der Waals surface area contributed by atoms with E-state index in [1.54, 1.807) is 67.6 Å². The Morgan fingerprint density at radius 1 is 0.698 bits per heavy atom. The van der Waals surface area contributed by atoms with Gasteiger partial charge in [-0.1, -0.05) is 18.2 Å². The maximum atomic E-state index is 13.8. The van der Waals surface area contributed by atoms with E-state index in [-0.39, 0.29) is 48.5 Å². The molecule has 0 aliphatic carbocycles. The Morgan fingerprint density at radius 2 is 1.19 bits per heavy atom. The molecule has 0 fully saturated rings. The van der Waals surface area contributed by atoms with Gasteiger partial charge in [0.05, 0.1) is 48.0 Å². The van der Waals surface area contributed by atoms with Crippen molar-refractivity contribution in [3.63, 3.8) is 0 Å². The minimum absolute atomic E-state index is 0.103. The number of ether oxygens (including phenoxy) is 2. The number of anilines is 3. The van der Waals surface area contributed by atoms with Crippen molar-refractivity contribution in [2.75, 3.05) is 30.1 Å². The van der Waals surface area contributed by atoms with E-state index in [0.717, 1.165) is 0 Å². The Balaban J connectivity index is 1.26. The largest absolute Gasteiger partial charge is 0.494 e. The summed E-state index contributed by atoms with van der Waals surface area (Å²) in [6.45, 7) is 9.11. The van der Waals surface area contributed by atoms with Crippen molar-refractivity contribution in [3.05, 3.63) is 107 Å². The van der Waals surface area contributed by atoms with Crippen LogP contribution in [-0.2, 0) is 32.7 Å². The van der Waals surface area contributed by atoms with E-state index in [1.807, 2.05) is 32.1 Å². The maximum absolute atomic E-state index is 13.8. The third-order valence-electron chi connectivity index (χ3n) is 9.91. The molecule has 2 aromatic carbocycles. The number of carbonyl (C=O) groups excluding carboxylic acids is 4. The van der Waals surface area contributed by atoms with Gasteiger partial charge in [-0.15, -0.1) is 0 Å². The fourth-order valence-electron chi connectivity index (χ4n) is 7.05. The van der Waals surface area contributed by atoms with Gasteiger partial charge in [0.1, 0.15) is 40.5 Å². The normalized spacial score (nSPS) is 11.6. The lowest BCUT2D eigenvalue weighted by molar-refractivity contribution is 0.0991. The first-order valence-electron chi connectivity index (χ1n) is 19.9. The lowest BCUT2D eigenvalue weighted by Gasteiger charge is -2.13. The first-order valence-corrected chi connectivity index (χ1v) is 19.9. The first-order chi connectivity index (χ1) is 30.3. The van der Waals surface area contributed by atoms with E-state index in [1.165, 1.54) is 31.4 Å². The summed E-state index contributed by atoms with van der Waals surface area (Å²) in [7, 11) is 1.46. The molecule has 5 aromatic heterocycles. The van der Waals surface area contributed by atoms with Crippen molar-refractivity contribution < 1.29 is 28.7 Å². The number of nitrogen functional groups attached to an aromatic ring is 1. The van der Waals surface area contributed by atoms with E-state index in [2.05, 4.69) is 30.9 Å². The molecule has 0 saturated carbocycles. The van der Waals surface area contributed by atoms with Crippen LogP contribution in [-0.4, -0.2) is 85.8 Å². The summed E-state index contributed by atoms with van der Waals surface area (Å²) >= 11 is 0. The summed E-state index contributed by atoms with van der Waals surface area (Å²) in [6, 6.07) is 9.46. The number of nitrogens with one attached hydrogen (secondary N) is 2. The van der Waals surface area contributed by atoms with E-state index in [4.69, 9.17) is 31.7 Å². The van der Waals surface area contributed by atoms with Crippen LogP contribution in [0.3, 0.4) is 0 Å². The molecule has 0 saturated heterocycles. The van der Waals surface area contributed by atoms with Crippen molar-refractivity contribution in [2.24, 2.45) is 11.5 Å². The third-order valence-corrected chi connectivity index (χ3v) is 9.91. The Bertz CT molecular complexity index is 2940. The predicted molar refractivity (Wildman–Crippen MR) is 235 cm³/mol. The Labute approximate surface area is 360 Å². The van der Waals surface area contributed by atoms with E-state index in [0.29, 0.717) is 75.9 Å². The number of aromatic nitrogens is 10. The van der Waals surface area contributed by atoms with Gasteiger partial charge in [-0.05, 0) is 70.2 Å². The second-order valence-electron chi connectivity index (χ2n) is 14.3. The van der Waals surface area contributed by atoms with Gasteiger partial charge < -0.3 is 35.8 Å². The molecule has 0 aliphatic heterocycles. The molecule has 0 aliphatic rings. The molecule has 0 radical (unpaired) electrons. The van der Waals surface area contributed by atoms with Crippen molar-refractivity contribution in [1.82, 2.24) is 48.4 Å². The van der Waals surface area contributed by atoms with Crippen LogP contribution < -0.4 is 37.3 Å². The zero-order chi connectivity index (χ0) is 44.9. The molecule has 0 bridgehead atoms. The minimum Gasteiger partial charge on any atom is -0.494 e. The van der Waals surface area contributed by atoms with Crippen LogP contribution in [0.2, 0.25) is 0 Å². The number of carbonyl (C=O) groups is 4. The number of imidazole rings is 2. The van der Waals surface area contributed by atoms with Crippen molar-refractivity contribution in [2.45, 2.75) is 60.4 Å². The van der Waals surface area contributed by atoms with Crippen LogP contribution >= 0.6 is 0 Å². The van der Waals surface area contributed by atoms with Crippen molar-refractivity contribution >= 4 is 63.3 Å². The molecule has 7 aromatic rings. The molecule has 21 nitrogen and oxygen atoms in total. The van der Waals surface area contributed by atoms with Crippen LogP contribution in [0.4, 0.5) is 17.6 Å². The summed E-state index contributed by atoms with van der Waals surface area (Å²) in [5, 5.41) is 18.8. The number of hydrogen-bond donors (Lipinski definition) is 5. The van der Waals surface area contributed by atoms with Crippen molar-refractivity contribution in [1.29, 1.82) is 0 Å². The van der Waals surface area contributed by atoms with Crippen LogP contribution in [0, 0.1) is 13.8 Å². The highest BCUT2D eigenvalue weighted by atomic mass is 16.5. The number of allylic oxidation sites excluding steroid dienone is 3. The van der Waals surface area contributed by atoms with Gasteiger partial charge in [0, 0.05) is 43.5 Å². The predicted octanol–water partition coefficient (Wildman–Crippen LogP) is 3.82. The number of aryl methyl sites for hydroxylation is 4. The topological polar surface area (TPSA) is 278 Å². The molecule has 7 rings (SSSR count). The number of amides is 4. The van der Waals surface area contributed by atoms with Gasteiger partial charge in [-0.2, -0.15) is 15.3 Å². The number of nitrogens with two attached hydrogens (primary N) is 3. The van der Waals surface area contributed by atoms with Gasteiger partial charge >= 0.3 is 0 Å². The highest BCUT2D eigenvalue weighted by Gasteiger charge is 2.23. The number of fused-ring (bicyclic) bond motifs is 2. The molecule has 0 atom stereocenters. The SMILES string of the molecule is CCn1nc(C)cc1C(=O)Nc1nc2cc(C(N)=O)cc(OC)c2n1C/C=C/Cn1c(NC(=O)c2cc(C)nn2CC)nc2cc(C(N)=O)cc(OC/C=C/Cn3cc(N)cn3)c21. The molecular weight excluding hydrogens is 811 g/mol. The van der Waals surface area contributed by atoms with E-state index in [9.17, 15) is 19.2 Å². The fraction of sp³-hybridized carbons (Fsp3) is 0.262. The van der Waals surface area contributed by atoms with Crippen molar-refractivity contribution in [3.8, 4) is 11.5 Å². The standard InChI is InChI=1S/C42H47N15O6/c1-6-56-31(16-24(3)51-56)39(60)49-41-47-29-18-26(37(44)58)20-33(62-5)35(29)54(41)13-8-9-14-55-36-30(48-42(55)50-40(61)32-17-25(4)52-57(32)7-2)19-27(38(45)59)21-34(36)63-15-11-10-12-53-23-28(43)22-46-53/h8-11,16-23H,6-7,12-15,43H2,1-5H3,(H2,44,58)(H2,45,59)(H,47,49,60)(H,48,50,61)/b9-8+,11-10+. The summed E-state index contributed by atoms with van der Waals surface area (Å²) in [5.74, 6) is -1.35. The Hall–Kier alpha value is -8.23. The monoisotopic (exact) mass is 857 g/mol. The zero-order valence-corrected chi connectivity index (χ0v) is 35.3. The van der Waals surface area contributed by atoms with Gasteiger partial charge in [0.15, 0.2) is 0 Å². The van der Waals surface area contributed by atoms with Gasteiger partial charge in [0.25, 0.3) is 11.8 Å². The van der Waals surface area contributed by atoms with E-state index < -0.39 is 23.6 Å². The minimum atomic E-state index is -0.695. The molecule has 8 N–H and O–H groups in total.